The molecule has 1 aliphatic heterocycles. The Morgan fingerprint density at radius 3 is 1.29 bits per heavy atom. The number of aryl methyl sites for hydroxylation is 2. The molecule has 178 valence electrons. The van der Waals surface area contributed by atoms with E-state index in [1.165, 1.54) is 33.4 Å². The van der Waals surface area contributed by atoms with Gasteiger partial charge in [0.25, 0.3) is 0 Å². The van der Waals surface area contributed by atoms with Crippen LogP contribution in [-0.2, 0) is 23.2 Å². The molecule has 2 aromatic rings. The summed E-state index contributed by atoms with van der Waals surface area (Å²) < 4.78 is 3.50. The molecule has 0 saturated carbocycles. The third-order valence-electron chi connectivity index (χ3n) is 7.01. The first-order chi connectivity index (χ1) is 15.5. The van der Waals surface area contributed by atoms with Crippen LogP contribution < -0.4 is 24.8 Å². The van der Waals surface area contributed by atoms with Gasteiger partial charge in [0, 0.05) is 9.52 Å². The molecule has 0 radical (unpaired) electrons. The van der Waals surface area contributed by atoms with Crippen molar-refractivity contribution in [2.24, 2.45) is 0 Å². The van der Waals surface area contributed by atoms with Gasteiger partial charge in [-0.05, 0) is 0 Å². The Kier molecular flexibility index (Phi) is 12.1. The summed E-state index contributed by atoms with van der Waals surface area (Å²) >= 11 is -0.694. The topological polar surface area (TPSA) is 0 Å². The van der Waals surface area contributed by atoms with Crippen LogP contribution in [-0.4, -0.2) is 9.52 Å². The number of halogens is 2. The van der Waals surface area contributed by atoms with Gasteiger partial charge >= 0.3 is 176 Å². The minimum atomic E-state index is -0.694. The summed E-state index contributed by atoms with van der Waals surface area (Å²) in [6.45, 7) is 8.99. The molecule has 0 atom stereocenters. The van der Waals surface area contributed by atoms with Crippen LogP contribution in [0.3, 0.4) is 0 Å². The van der Waals surface area contributed by atoms with Crippen molar-refractivity contribution in [3.05, 3.63) is 101 Å². The van der Waals surface area contributed by atoms with Gasteiger partial charge < -0.3 is 24.8 Å². The molecule has 0 spiro atoms. The Balaban J connectivity index is 0.000000520. The van der Waals surface area contributed by atoms with Gasteiger partial charge in [-0.15, -0.1) is 0 Å². The molecule has 0 N–H and O–H groups in total. The maximum Gasteiger partial charge on any atom is -1.00 e. The van der Waals surface area contributed by atoms with Gasteiger partial charge in [-0.25, -0.2) is 0 Å². The van der Waals surface area contributed by atoms with Crippen molar-refractivity contribution in [3.8, 4) is 0 Å². The summed E-state index contributed by atoms with van der Waals surface area (Å²) in [5, 5.41) is 0. The van der Waals surface area contributed by atoms with Crippen molar-refractivity contribution >= 4 is 20.7 Å². The second-order valence-electron chi connectivity index (χ2n) is 9.48. The molecule has 34 heavy (non-hydrogen) atoms. The zero-order valence-corrected chi connectivity index (χ0v) is 26.4. The van der Waals surface area contributed by atoms with Gasteiger partial charge in [-0.3, -0.25) is 0 Å². The molecular formula is C30H36Cl2SiZr. The Morgan fingerprint density at radius 1 is 0.588 bits per heavy atom. The molecule has 0 nitrogen and oxygen atoms in total. The molecule has 5 rings (SSSR count). The van der Waals surface area contributed by atoms with Crippen LogP contribution in [0.5, 0.6) is 0 Å². The van der Waals surface area contributed by atoms with Gasteiger partial charge in [0.1, 0.15) is 0 Å². The van der Waals surface area contributed by atoms with E-state index in [0.29, 0.717) is 9.52 Å². The van der Waals surface area contributed by atoms with E-state index in [-0.39, 0.29) is 24.8 Å². The van der Waals surface area contributed by atoms with E-state index in [1.807, 2.05) is 0 Å². The Hall–Kier alpha value is -0.920. The summed E-state index contributed by atoms with van der Waals surface area (Å²) in [6.07, 6.45) is 10.4. The standard InChI is InChI=1S/2C13H13.C4H10Si.2ClH.Zr/c2*1-10-6-8-12(9-7-10)13-5-3-4-11(13)2;1-2-4-5-3-1;;;/h2*5-9H,3H2,1-2H3;1-5H2;2*1H;/q;;;;;+2/p-2. The summed E-state index contributed by atoms with van der Waals surface area (Å²) in [5.74, 6) is 0. The van der Waals surface area contributed by atoms with Crippen molar-refractivity contribution < 1.29 is 48.0 Å². The zero-order valence-electron chi connectivity index (χ0n) is 21.0. The predicted octanol–water partition coefficient (Wildman–Crippen LogP) is 2.00. The number of rotatable bonds is 4. The van der Waals surface area contributed by atoms with E-state index in [2.05, 4.69) is 88.4 Å². The summed E-state index contributed by atoms with van der Waals surface area (Å²) in [7, 11) is 0.543. The predicted molar refractivity (Wildman–Crippen MR) is 140 cm³/mol. The van der Waals surface area contributed by atoms with Crippen molar-refractivity contribution in [1.82, 2.24) is 0 Å². The number of allylic oxidation sites excluding steroid dienone is 8. The van der Waals surface area contributed by atoms with Gasteiger partial charge in [-0.1, -0.05) is 24.9 Å². The molecule has 0 unspecified atom stereocenters. The van der Waals surface area contributed by atoms with E-state index < -0.39 is 23.2 Å². The average molecular weight is 587 g/mol. The molecule has 2 aromatic carbocycles. The van der Waals surface area contributed by atoms with Gasteiger partial charge in [-0.2, -0.15) is 0 Å². The second kappa shape index (κ2) is 14.0. The van der Waals surface area contributed by atoms with Gasteiger partial charge in [0.05, 0.1) is 0 Å². The first-order valence-electron chi connectivity index (χ1n) is 12.2. The summed E-state index contributed by atoms with van der Waals surface area (Å²) in [6, 6.07) is 21.3. The third-order valence-corrected chi connectivity index (χ3v) is 13.3. The molecule has 2 aliphatic carbocycles. The van der Waals surface area contributed by atoms with Crippen molar-refractivity contribution in [2.75, 3.05) is 0 Å². The zero-order chi connectivity index (χ0) is 22.5. The molecule has 1 heterocycles. The van der Waals surface area contributed by atoms with Crippen LogP contribution in [0.25, 0.3) is 11.1 Å². The van der Waals surface area contributed by atoms with Gasteiger partial charge in [0.15, 0.2) is 0 Å². The van der Waals surface area contributed by atoms with E-state index >= 15 is 0 Å². The molecule has 0 amide bonds. The van der Waals surface area contributed by atoms with E-state index in [0.717, 1.165) is 12.8 Å². The van der Waals surface area contributed by atoms with E-state index in [9.17, 15) is 0 Å². The van der Waals surface area contributed by atoms with E-state index in [4.69, 9.17) is 0 Å². The average Bonchev–Trinajstić information content (AvgIpc) is 3.55. The van der Waals surface area contributed by atoms with Crippen molar-refractivity contribution in [2.45, 2.75) is 65.5 Å². The molecule has 0 bridgehead atoms. The second-order valence-corrected chi connectivity index (χ2v) is 15.2. The fraction of sp³-hybridized carbons (Fsp3) is 0.333. The maximum absolute atomic E-state index is 2.45. The molecule has 4 heteroatoms. The van der Waals surface area contributed by atoms with Crippen molar-refractivity contribution in [1.29, 1.82) is 0 Å². The smallest absolute Gasteiger partial charge is 1.00 e. The molecule has 3 aliphatic rings. The maximum atomic E-state index is 2.45. The number of hydrogen-bond donors (Lipinski definition) is 0. The SMILES string of the molecule is C1CC[SiH2]C1.CC1=[C]([Zr+2][C]2=C(C)C(c3ccc(C)cc3)=CC2)CC=C1c1ccc(C)cc1.[Cl-].[Cl-]. The van der Waals surface area contributed by atoms with Crippen LogP contribution in [0.2, 0.25) is 12.1 Å². The Bertz CT molecular complexity index is 995. The minimum Gasteiger partial charge on any atom is -1.00 e. The van der Waals surface area contributed by atoms with Crippen LogP contribution in [0.1, 0.15) is 61.8 Å². The number of hydrogen-bond acceptors (Lipinski definition) is 0. The first-order valence-corrected chi connectivity index (χ1v) is 16.7. The quantitative estimate of drug-likeness (QED) is 0.481. The van der Waals surface area contributed by atoms with Gasteiger partial charge in [0.2, 0.25) is 0 Å². The molecule has 1 fully saturated rings. The molecular weight excluding hydrogens is 551 g/mol. The van der Waals surface area contributed by atoms with Crippen molar-refractivity contribution in [3.63, 3.8) is 0 Å². The third kappa shape index (κ3) is 7.30. The fourth-order valence-corrected chi connectivity index (χ4v) is 10.1. The monoisotopic (exact) mass is 584 g/mol. The normalized spacial score (nSPS) is 16.7. The summed E-state index contributed by atoms with van der Waals surface area (Å²) in [4.78, 5) is 0. The molecule has 0 aromatic heterocycles. The largest absolute Gasteiger partial charge is 1.00 e. The Labute approximate surface area is 233 Å². The molecule has 1 saturated heterocycles. The number of benzene rings is 2. The summed E-state index contributed by atoms with van der Waals surface area (Å²) in [5.41, 5.74) is 11.5. The van der Waals surface area contributed by atoms with Crippen LogP contribution in [0.4, 0.5) is 0 Å². The fourth-order valence-electron chi connectivity index (χ4n) is 4.84. The Morgan fingerprint density at radius 2 is 0.971 bits per heavy atom. The van der Waals surface area contributed by atoms with Crippen LogP contribution in [0, 0.1) is 13.8 Å². The minimum absolute atomic E-state index is 0. The van der Waals surface area contributed by atoms with Crippen LogP contribution in [0.15, 0.2) is 78.4 Å². The first kappa shape index (κ1) is 29.3. The van der Waals surface area contributed by atoms with Crippen LogP contribution >= 0.6 is 0 Å². The van der Waals surface area contributed by atoms with E-state index in [1.54, 1.807) is 42.6 Å².